The van der Waals surface area contributed by atoms with E-state index < -0.39 is 0 Å². The van der Waals surface area contributed by atoms with E-state index in [2.05, 4.69) is 35.6 Å². The Hall–Kier alpha value is -0.530. The predicted molar refractivity (Wildman–Crippen MR) is 65.2 cm³/mol. The molecule has 0 spiro atoms. The van der Waals surface area contributed by atoms with Gasteiger partial charge in [0.15, 0.2) is 0 Å². The highest BCUT2D eigenvalue weighted by molar-refractivity contribution is 6.20. The van der Waals surface area contributed by atoms with E-state index in [0.717, 1.165) is 19.4 Å². The van der Waals surface area contributed by atoms with Crippen molar-refractivity contribution in [3.8, 4) is 0 Å². The number of halogens is 1. The lowest BCUT2D eigenvalue weighted by atomic mass is 9.95. The Labute approximate surface area is 96.8 Å². The third-order valence-corrected chi connectivity index (χ3v) is 3.53. The highest BCUT2D eigenvalue weighted by Gasteiger charge is 2.18. The Morgan fingerprint density at radius 3 is 2.40 bits per heavy atom. The van der Waals surface area contributed by atoms with E-state index in [-0.39, 0.29) is 0 Å². The van der Waals surface area contributed by atoms with Crippen molar-refractivity contribution in [2.45, 2.75) is 43.6 Å². The van der Waals surface area contributed by atoms with Crippen molar-refractivity contribution in [3.63, 3.8) is 0 Å². The molecule has 0 aromatic heterocycles. The lowest BCUT2D eigenvalue weighted by Crippen LogP contribution is -2.32. The second-order valence-electron chi connectivity index (χ2n) is 4.32. The van der Waals surface area contributed by atoms with E-state index in [1.54, 1.807) is 0 Å². The van der Waals surface area contributed by atoms with Gasteiger partial charge < -0.3 is 5.32 Å². The standard InChI is InChI=1S/C13H18ClN/c14-12-6-8-13(9-7-12)15-10-11-4-2-1-3-5-11/h1-5,12-13,15H,6-10H2. The normalized spacial score (nSPS) is 26.5. The average molecular weight is 224 g/mol. The molecule has 0 atom stereocenters. The first-order valence-corrected chi connectivity index (χ1v) is 6.19. The van der Waals surface area contributed by atoms with Gasteiger partial charge in [-0.1, -0.05) is 30.3 Å². The molecule has 0 amide bonds. The zero-order chi connectivity index (χ0) is 10.5. The highest BCUT2D eigenvalue weighted by Crippen LogP contribution is 2.22. The number of hydrogen-bond acceptors (Lipinski definition) is 1. The van der Waals surface area contributed by atoms with Gasteiger partial charge >= 0.3 is 0 Å². The molecule has 15 heavy (non-hydrogen) atoms. The number of alkyl halides is 1. The van der Waals surface area contributed by atoms with Crippen LogP contribution in [0, 0.1) is 0 Å². The highest BCUT2D eigenvalue weighted by atomic mass is 35.5. The summed E-state index contributed by atoms with van der Waals surface area (Å²) >= 11 is 6.07. The lowest BCUT2D eigenvalue weighted by Gasteiger charge is -2.25. The molecule has 0 unspecified atom stereocenters. The van der Waals surface area contributed by atoms with Gasteiger partial charge in [0.2, 0.25) is 0 Å². The summed E-state index contributed by atoms with van der Waals surface area (Å²) in [4.78, 5) is 0. The van der Waals surface area contributed by atoms with Gasteiger partial charge in [-0.05, 0) is 31.2 Å². The molecular weight excluding hydrogens is 206 g/mol. The Balaban J connectivity index is 1.74. The van der Waals surface area contributed by atoms with Crippen LogP contribution in [0.3, 0.4) is 0 Å². The average Bonchev–Trinajstić information content (AvgIpc) is 2.30. The van der Waals surface area contributed by atoms with Gasteiger partial charge in [-0.15, -0.1) is 11.6 Å². The fourth-order valence-electron chi connectivity index (χ4n) is 2.11. The Bertz CT molecular complexity index is 278. The van der Waals surface area contributed by atoms with Crippen LogP contribution in [0.1, 0.15) is 31.2 Å². The molecule has 1 aromatic rings. The minimum absolute atomic E-state index is 0.416. The molecule has 2 rings (SSSR count). The molecule has 0 radical (unpaired) electrons. The summed E-state index contributed by atoms with van der Waals surface area (Å²) in [5.41, 5.74) is 1.37. The molecule has 1 N–H and O–H groups in total. The molecule has 0 bridgehead atoms. The first-order chi connectivity index (χ1) is 7.34. The van der Waals surface area contributed by atoms with Gasteiger partial charge in [0.25, 0.3) is 0 Å². The van der Waals surface area contributed by atoms with Crippen LogP contribution in [0.4, 0.5) is 0 Å². The van der Waals surface area contributed by atoms with Crippen LogP contribution in [0.2, 0.25) is 0 Å². The second-order valence-corrected chi connectivity index (χ2v) is 4.93. The van der Waals surface area contributed by atoms with Gasteiger partial charge in [-0.3, -0.25) is 0 Å². The van der Waals surface area contributed by atoms with E-state index in [4.69, 9.17) is 11.6 Å². The van der Waals surface area contributed by atoms with E-state index in [9.17, 15) is 0 Å². The summed E-state index contributed by atoms with van der Waals surface area (Å²) in [7, 11) is 0. The van der Waals surface area contributed by atoms with Crippen molar-refractivity contribution < 1.29 is 0 Å². The topological polar surface area (TPSA) is 12.0 Å². The van der Waals surface area contributed by atoms with Crippen molar-refractivity contribution in [1.82, 2.24) is 5.32 Å². The number of rotatable bonds is 3. The molecular formula is C13H18ClN. The van der Waals surface area contributed by atoms with Crippen LogP contribution in [-0.2, 0) is 6.54 Å². The van der Waals surface area contributed by atoms with Crippen molar-refractivity contribution in [3.05, 3.63) is 35.9 Å². The van der Waals surface area contributed by atoms with E-state index in [0.29, 0.717) is 11.4 Å². The molecule has 82 valence electrons. The van der Waals surface area contributed by atoms with Crippen LogP contribution >= 0.6 is 11.6 Å². The Morgan fingerprint density at radius 1 is 1.07 bits per heavy atom. The van der Waals surface area contributed by atoms with Crippen LogP contribution in [-0.4, -0.2) is 11.4 Å². The SMILES string of the molecule is ClC1CCC(NCc2ccccc2)CC1. The largest absolute Gasteiger partial charge is 0.310 e. The third-order valence-electron chi connectivity index (χ3n) is 3.09. The Morgan fingerprint density at radius 2 is 1.73 bits per heavy atom. The fourth-order valence-corrected chi connectivity index (χ4v) is 2.37. The molecule has 1 aliphatic rings. The molecule has 1 saturated carbocycles. The zero-order valence-electron chi connectivity index (χ0n) is 8.95. The molecule has 1 aliphatic carbocycles. The molecule has 0 saturated heterocycles. The summed E-state index contributed by atoms with van der Waals surface area (Å²) in [6.07, 6.45) is 4.77. The van der Waals surface area contributed by atoms with Crippen molar-refractivity contribution in [2.24, 2.45) is 0 Å². The van der Waals surface area contributed by atoms with Crippen LogP contribution < -0.4 is 5.32 Å². The van der Waals surface area contributed by atoms with Crippen molar-refractivity contribution >= 4 is 11.6 Å². The molecule has 0 aliphatic heterocycles. The van der Waals surface area contributed by atoms with Crippen molar-refractivity contribution in [1.29, 1.82) is 0 Å². The first kappa shape index (κ1) is 11.0. The number of nitrogens with one attached hydrogen (secondary N) is 1. The molecule has 1 aromatic carbocycles. The van der Waals surface area contributed by atoms with E-state index >= 15 is 0 Å². The number of benzene rings is 1. The predicted octanol–water partition coefficient (Wildman–Crippen LogP) is 3.33. The lowest BCUT2D eigenvalue weighted by molar-refractivity contribution is 0.376. The monoisotopic (exact) mass is 223 g/mol. The maximum Gasteiger partial charge on any atom is 0.0337 e. The van der Waals surface area contributed by atoms with Crippen LogP contribution in [0.25, 0.3) is 0 Å². The molecule has 1 fully saturated rings. The third kappa shape index (κ3) is 3.51. The van der Waals surface area contributed by atoms with E-state index in [1.807, 2.05) is 0 Å². The summed E-state index contributed by atoms with van der Waals surface area (Å²) in [6.45, 7) is 0.985. The minimum Gasteiger partial charge on any atom is -0.310 e. The summed E-state index contributed by atoms with van der Waals surface area (Å²) in [6, 6.07) is 11.2. The fraction of sp³-hybridized carbons (Fsp3) is 0.538. The summed E-state index contributed by atoms with van der Waals surface area (Å²) < 4.78 is 0. The number of hydrogen-bond donors (Lipinski definition) is 1. The molecule has 2 heteroatoms. The summed E-state index contributed by atoms with van der Waals surface area (Å²) in [5.74, 6) is 0. The maximum atomic E-state index is 6.07. The second kappa shape index (κ2) is 5.53. The maximum absolute atomic E-state index is 6.07. The van der Waals surface area contributed by atoms with Gasteiger partial charge in [0.05, 0.1) is 0 Å². The quantitative estimate of drug-likeness (QED) is 0.776. The minimum atomic E-state index is 0.416. The molecule has 1 nitrogen and oxygen atoms in total. The first-order valence-electron chi connectivity index (χ1n) is 5.76. The zero-order valence-corrected chi connectivity index (χ0v) is 9.71. The van der Waals surface area contributed by atoms with Crippen LogP contribution in [0.5, 0.6) is 0 Å². The van der Waals surface area contributed by atoms with Gasteiger partial charge in [-0.25, -0.2) is 0 Å². The van der Waals surface area contributed by atoms with Gasteiger partial charge in [0.1, 0.15) is 0 Å². The van der Waals surface area contributed by atoms with Crippen molar-refractivity contribution in [2.75, 3.05) is 0 Å². The molecule has 0 heterocycles. The van der Waals surface area contributed by atoms with Crippen LogP contribution in [0.15, 0.2) is 30.3 Å². The van der Waals surface area contributed by atoms with E-state index in [1.165, 1.54) is 18.4 Å². The van der Waals surface area contributed by atoms with Gasteiger partial charge in [-0.2, -0.15) is 0 Å². The van der Waals surface area contributed by atoms with Gasteiger partial charge in [0, 0.05) is 18.0 Å². The Kier molecular flexibility index (Phi) is 4.04. The smallest absolute Gasteiger partial charge is 0.0337 e. The summed E-state index contributed by atoms with van der Waals surface area (Å²) in [5, 5.41) is 4.02.